The molecule has 3 unspecified atom stereocenters. The highest BCUT2D eigenvalue weighted by atomic mass is 32.2. The molecule has 0 spiro atoms. The van der Waals surface area contributed by atoms with Crippen molar-refractivity contribution in [1.82, 2.24) is 4.90 Å². The average Bonchev–Trinajstić information content (AvgIpc) is 2.87. The van der Waals surface area contributed by atoms with Crippen molar-refractivity contribution in [3.63, 3.8) is 0 Å². The van der Waals surface area contributed by atoms with Gasteiger partial charge in [0.2, 0.25) is 5.91 Å². The predicted molar refractivity (Wildman–Crippen MR) is 95.9 cm³/mol. The van der Waals surface area contributed by atoms with Crippen LogP contribution < -0.4 is 0 Å². The summed E-state index contributed by atoms with van der Waals surface area (Å²) in [5, 5.41) is 10.1. The summed E-state index contributed by atoms with van der Waals surface area (Å²) in [4.78, 5) is 14.5. The van der Waals surface area contributed by atoms with Gasteiger partial charge in [0.1, 0.15) is 4.32 Å². The van der Waals surface area contributed by atoms with E-state index in [1.54, 1.807) is 23.6 Å². The average molecular weight is 338 g/mol. The van der Waals surface area contributed by atoms with E-state index in [0.717, 1.165) is 18.6 Å². The van der Waals surface area contributed by atoms with Gasteiger partial charge in [0, 0.05) is 5.75 Å². The second-order valence-corrected chi connectivity index (χ2v) is 7.43. The van der Waals surface area contributed by atoms with Gasteiger partial charge in [-0.3, -0.25) is 9.69 Å². The fraction of sp³-hybridized carbons (Fsp3) is 0.529. The van der Waals surface area contributed by atoms with Crippen molar-refractivity contribution in [1.29, 1.82) is 0 Å². The third-order valence-electron chi connectivity index (χ3n) is 4.06. The second kappa shape index (κ2) is 8.09. The van der Waals surface area contributed by atoms with Gasteiger partial charge in [0.25, 0.3) is 0 Å². The van der Waals surface area contributed by atoms with Crippen LogP contribution in [0.2, 0.25) is 0 Å². The first-order valence-corrected chi connectivity index (χ1v) is 9.15. The number of rotatable bonds is 6. The second-order valence-electron chi connectivity index (χ2n) is 5.77. The summed E-state index contributed by atoms with van der Waals surface area (Å²) in [7, 11) is 0. The summed E-state index contributed by atoms with van der Waals surface area (Å²) >= 11 is 6.93. The quantitative estimate of drug-likeness (QED) is 0.809. The van der Waals surface area contributed by atoms with Crippen LogP contribution in [0.4, 0.5) is 0 Å². The van der Waals surface area contributed by atoms with E-state index < -0.39 is 12.0 Å². The van der Waals surface area contributed by atoms with Crippen LogP contribution in [0.25, 0.3) is 0 Å². The molecule has 1 amide bonds. The normalized spacial score (nSPS) is 21.0. The standard InChI is InChI=1S/C17H23NO2S2/c1-3-7-15(19)12(2)16(20)18-14(11-22-17(18)21)10-13-8-5-4-6-9-13/h4-6,8-9,12,14-15,19H,3,7,10-11H2,1-2H3. The van der Waals surface area contributed by atoms with E-state index in [0.29, 0.717) is 10.7 Å². The number of hydrogen-bond donors (Lipinski definition) is 1. The Bertz CT molecular complexity index is 521. The molecule has 1 saturated heterocycles. The number of aliphatic hydroxyl groups excluding tert-OH is 1. The number of aliphatic hydroxyl groups is 1. The third-order valence-corrected chi connectivity index (χ3v) is 5.61. The lowest BCUT2D eigenvalue weighted by atomic mass is 9.98. The third kappa shape index (κ3) is 4.09. The van der Waals surface area contributed by atoms with E-state index >= 15 is 0 Å². The number of carbonyl (C=O) groups is 1. The van der Waals surface area contributed by atoms with Crippen LogP contribution in [-0.2, 0) is 11.2 Å². The van der Waals surface area contributed by atoms with E-state index in [4.69, 9.17) is 12.2 Å². The van der Waals surface area contributed by atoms with Gasteiger partial charge in [0.05, 0.1) is 18.1 Å². The maximum Gasteiger partial charge on any atom is 0.233 e. The first-order valence-electron chi connectivity index (χ1n) is 7.76. The Morgan fingerprint density at radius 3 is 2.77 bits per heavy atom. The SMILES string of the molecule is CCCC(O)C(C)C(=O)N1C(=S)SCC1Cc1ccccc1. The highest BCUT2D eigenvalue weighted by molar-refractivity contribution is 8.23. The number of thioether (sulfide) groups is 1. The van der Waals surface area contributed by atoms with Crippen LogP contribution in [0.15, 0.2) is 30.3 Å². The maximum absolute atomic E-state index is 12.7. The maximum atomic E-state index is 12.7. The number of carbonyl (C=O) groups excluding carboxylic acids is 1. The lowest BCUT2D eigenvalue weighted by molar-refractivity contribution is -0.135. The smallest absolute Gasteiger partial charge is 0.233 e. The molecule has 1 aliphatic rings. The topological polar surface area (TPSA) is 40.5 Å². The monoisotopic (exact) mass is 337 g/mol. The molecular weight excluding hydrogens is 314 g/mol. The number of benzene rings is 1. The molecule has 0 bridgehead atoms. The molecule has 22 heavy (non-hydrogen) atoms. The molecule has 1 N–H and O–H groups in total. The van der Waals surface area contributed by atoms with Crippen molar-refractivity contribution in [3.8, 4) is 0 Å². The first-order chi connectivity index (χ1) is 10.5. The molecule has 0 saturated carbocycles. The van der Waals surface area contributed by atoms with Crippen LogP contribution >= 0.6 is 24.0 Å². The molecule has 1 aromatic carbocycles. The molecule has 5 heteroatoms. The van der Waals surface area contributed by atoms with Crippen molar-refractivity contribution in [3.05, 3.63) is 35.9 Å². The predicted octanol–water partition coefficient (Wildman–Crippen LogP) is 3.26. The van der Waals surface area contributed by atoms with Crippen molar-refractivity contribution in [2.45, 2.75) is 45.3 Å². The molecule has 120 valence electrons. The van der Waals surface area contributed by atoms with E-state index in [9.17, 15) is 9.90 Å². The Balaban J connectivity index is 2.09. The Labute approximate surface area is 142 Å². The molecule has 0 aliphatic carbocycles. The fourth-order valence-electron chi connectivity index (χ4n) is 2.70. The highest BCUT2D eigenvalue weighted by Crippen LogP contribution is 2.29. The fourth-order valence-corrected chi connectivity index (χ4v) is 4.12. The summed E-state index contributed by atoms with van der Waals surface area (Å²) in [6.07, 6.45) is 1.72. The molecule has 1 aliphatic heterocycles. The summed E-state index contributed by atoms with van der Waals surface area (Å²) in [5.41, 5.74) is 1.21. The van der Waals surface area contributed by atoms with E-state index in [1.165, 1.54) is 5.56 Å². The van der Waals surface area contributed by atoms with Gasteiger partial charge in [0.15, 0.2) is 0 Å². The summed E-state index contributed by atoms with van der Waals surface area (Å²) in [6, 6.07) is 10.2. The largest absolute Gasteiger partial charge is 0.392 e. The first kappa shape index (κ1) is 17.4. The van der Waals surface area contributed by atoms with E-state index in [-0.39, 0.29) is 11.9 Å². The minimum Gasteiger partial charge on any atom is -0.392 e. The summed E-state index contributed by atoms with van der Waals surface area (Å²) < 4.78 is 0.640. The summed E-state index contributed by atoms with van der Waals surface area (Å²) in [6.45, 7) is 3.81. The van der Waals surface area contributed by atoms with Gasteiger partial charge < -0.3 is 5.11 Å². The molecule has 1 heterocycles. The van der Waals surface area contributed by atoms with Crippen molar-refractivity contribution >= 4 is 34.2 Å². The van der Waals surface area contributed by atoms with Crippen LogP contribution in [-0.4, -0.2) is 38.1 Å². The van der Waals surface area contributed by atoms with Gasteiger partial charge in [-0.15, -0.1) is 0 Å². The number of thiocarbonyl (C=S) groups is 1. The van der Waals surface area contributed by atoms with Gasteiger partial charge >= 0.3 is 0 Å². The Hall–Kier alpha value is -0.910. The van der Waals surface area contributed by atoms with Gasteiger partial charge in [-0.2, -0.15) is 0 Å². The van der Waals surface area contributed by atoms with Crippen LogP contribution in [0.3, 0.4) is 0 Å². The zero-order valence-corrected chi connectivity index (χ0v) is 14.7. The van der Waals surface area contributed by atoms with Gasteiger partial charge in [-0.1, -0.05) is 74.6 Å². The van der Waals surface area contributed by atoms with E-state index in [2.05, 4.69) is 12.1 Å². The lowest BCUT2D eigenvalue weighted by Crippen LogP contribution is -2.45. The molecule has 3 atom stereocenters. The number of nitrogens with zero attached hydrogens (tertiary/aromatic N) is 1. The molecule has 0 radical (unpaired) electrons. The Morgan fingerprint density at radius 1 is 1.45 bits per heavy atom. The lowest BCUT2D eigenvalue weighted by Gasteiger charge is -2.28. The minimum atomic E-state index is -0.594. The van der Waals surface area contributed by atoms with Gasteiger partial charge in [-0.05, 0) is 18.4 Å². The molecule has 1 fully saturated rings. The van der Waals surface area contributed by atoms with E-state index in [1.807, 2.05) is 25.1 Å². The molecule has 0 aromatic heterocycles. The molecule has 3 nitrogen and oxygen atoms in total. The number of amides is 1. The zero-order chi connectivity index (χ0) is 16.1. The highest BCUT2D eigenvalue weighted by Gasteiger charge is 2.37. The Kier molecular flexibility index (Phi) is 6.41. The van der Waals surface area contributed by atoms with Gasteiger partial charge in [-0.25, -0.2) is 0 Å². The Morgan fingerprint density at radius 2 is 2.14 bits per heavy atom. The molecule has 1 aromatic rings. The van der Waals surface area contributed by atoms with Crippen LogP contribution in [0, 0.1) is 5.92 Å². The zero-order valence-electron chi connectivity index (χ0n) is 13.1. The van der Waals surface area contributed by atoms with Crippen molar-refractivity contribution < 1.29 is 9.90 Å². The summed E-state index contributed by atoms with van der Waals surface area (Å²) in [5.74, 6) is 0.377. The van der Waals surface area contributed by atoms with Crippen LogP contribution in [0.1, 0.15) is 32.3 Å². The molecule has 2 rings (SSSR count). The minimum absolute atomic E-state index is 0.0446. The molecular formula is C17H23NO2S2. The van der Waals surface area contributed by atoms with Crippen LogP contribution in [0.5, 0.6) is 0 Å². The van der Waals surface area contributed by atoms with Crippen molar-refractivity contribution in [2.75, 3.05) is 5.75 Å². The number of hydrogen-bond acceptors (Lipinski definition) is 4. The van der Waals surface area contributed by atoms with Crippen molar-refractivity contribution in [2.24, 2.45) is 5.92 Å².